The van der Waals surface area contributed by atoms with E-state index in [1.54, 1.807) is 24.3 Å². The molecule has 1 atom stereocenters. The third-order valence-corrected chi connectivity index (χ3v) is 3.66. The third-order valence-electron chi connectivity index (χ3n) is 2.55. The van der Waals surface area contributed by atoms with Gasteiger partial charge in [-0.25, -0.2) is 8.42 Å². The third kappa shape index (κ3) is 5.99. The quantitative estimate of drug-likeness (QED) is 0.807. The molecule has 0 aliphatic rings. The molecule has 0 amide bonds. The molecule has 1 aromatic rings. The van der Waals surface area contributed by atoms with E-state index in [1.807, 2.05) is 19.9 Å². The maximum absolute atomic E-state index is 11.8. The topological polar surface area (TPSA) is 83.5 Å². The molecule has 6 heteroatoms. The zero-order valence-electron chi connectivity index (χ0n) is 11.5. The van der Waals surface area contributed by atoms with Gasteiger partial charge < -0.3 is 5.11 Å². The van der Waals surface area contributed by atoms with Gasteiger partial charge in [-0.2, -0.15) is 4.72 Å². The van der Waals surface area contributed by atoms with Crippen LogP contribution < -0.4 is 4.72 Å². The van der Waals surface area contributed by atoms with Crippen molar-refractivity contribution in [1.29, 1.82) is 0 Å². The SMILES string of the molecule is CC(C)C[C@H](NS(=O)(=O)/C=C/c1ccccc1)C(=O)O. The predicted octanol–water partition coefficient (Wildman–Crippen LogP) is 2.08. The van der Waals surface area contributed by atoms with Gasteiger partial charge in [-0.3, -0.25) is 4.79 Å². The molecule has 2 N–H and O–H groups in total. The highest BCUT2D eigenvalue weighted by molar-refractivity contribution is 7.92. The Bertz CT molecular complexity index is 564. The van der Waals surface area contributed by atoms with Crippen LogP contribution in [0.1, 0.15) is 25.8 Å². The molecule has 1 rings (SSSR count). The second-order valence-electron chi connectivity index (χ2n) is 4.90. The lowest BCUT2D eigenvalue weighted by Crippen LogP contribution is -2.40. The zero-order valence-corrected chi connectivity index (χ0v) is 12.3. The Morgan fingerprint density at radius 2 is 1.90 bits per heavy atom. The van der Waals surface area contributed by atoms with E-state index < -0.39 is 22.0 Å². The van der Waals surface area contributed by atoms with Crippen LogP contribution in [0, 0.1) is 5.92 Å². The Morgan fingerprint density at radius 3 is 2.40 bits per heavy atom. The van der Waals surface area contributed by atoms with Gasteiger partial charge in [0.1, 0.15) is 6.04 Å². The van der Waals surface area contributed by atoms with Crippen LogP contribution in [0.4, 0.5) is 0 Å². The number of hydrogen-bond acceptors (Lipinski definition) is 3. The highest BCUT2D eigenvalue weighted by Gasteiger charge is 2.23. The van der Waals surface area contributed by atoms with Crippen molar-refractivity contribution in [1.82, 2.24) is 4.72 Å². The van der Waals surface area contributed by atoms with Gasteiger partial charge >= 0.3 is 5.97 Å². The van der Waals surface area contributed by atoms with Crippen LogP contribution in [0.5, 0.6) is 0 Å². The number of carboxylic acid groups (broad SMARTS) is 1. The van der Waals surface area contributed by atoms with Crippen LogP contribution in [-0.2, 0) is 14.8 Å². The lowest BCUT2D eigenvalue weighted by Gasteiger charge is -2.15. The Labute approximate surface area is 119 Å². The molecule has 0 bridgehead atoms. The summed E-state index contributed by atoms with van der Waals surface area (Å²) in [6.45, 7) is 3.67. The Morgan fingerprint density at radius 1 is 1.30 bits per heavy atom. The number of hydrogen-bond donors (Lipinski definition) is 2. The first-order chi connectivity index (χ1) is 9.30. The van der Waals surface area contributed by atoms with E-state index in [1.165, 1.54) is 6.08 Å². The highest BCUT2D eigenvalue weighted by atomic mass is 32.2. The van der Waals surface area contributed by atoms with Crippen molar-refractivity contribution >= 4 is 22.1 Å². The lowest BCUT2D eigenvalue weighted by atomic mass is 10.1. The molecule has 0 spiro atoms. The molecule has 0 unspecified atom stereocenters. The molecule has 110 valence electrons. The average molecular weight is 297 g/mol. The first-order valence-electron chi connectivity index (χ1n) is 6.28. The summed E-state index contributed by atoms with van der Waals surface area (Å²) in [6, 6.07) is 7.81. The molecular weight excluding hydrogens is 278 g/mol. The summed E-state index contributed by atoms with van der Waals surface area (Å²) in [5.41, 5.74) is 0.730. The summed E-state index contributed by atoms with van der Waals surface area (Å²) in [6.07, 6.45) is 1.67. The van der Waals surface area contributed by atoms with Crippen molar-refractivity contribution in [3.8, 4) is 0 Å². The van der Waals surface area contributed by atoms with E-state index in [9.17, 15) is 13.2 Å². The van der Waals surface area contributed by atoms with E-state index >= 15 is 0 Å². The summed E-state index contributed by atoms with van der Waals surface area (Å²) >= 11 is 0. The fourth-order valence-corrected chi connectivity index (χ4v) is 2.65. The van der Waals surface area contributed by atoms with E-state index in [0.717, 1.165) is 11.0 Å². The largest absolute Gasteiger partial charge is 0.480 e. The fraction of sp³-hybridized carbons (Fsp3) is 0.357. The lowest BCUT2D eigenvalue weighted by molar-refractivity contribution is -0.139. The average Bonchev–Trinajstić information content (AvgIpc) is 2.36. The minimum absolute atomic E-state index is 0.0805. The van der Waals surface area contributed by atoms with Gasteiger partial charge in [0.15, 0.2) is 0 Å². The molecule has 0 radical (unpaired) electrons. The summed E-state index contributed by atoms with van der Waals surface area (Å²) in [5, 5.41) is 10.0. The molecule has 0 saturated heterocycles. The van der Waals surface area contributed by atoms with Gasteiger partial charge in [0.05, 0.1) is 0 Å². The maximum atomic E-state index is 11.8. The van der Waals surface area contributed by atoms with E-state index in [2.05, 4.69) is 4.72 Å². The van der Waals surface area contributed by atoms with Crippen LogP contribution >= 0.6 is 0 Å². The number of carbonyl (C=O) groups is 1. The smallest absolute Gasteiger partial charge is 0.321 e. The van der Waals surface area contributed by atoms with Crippen molar-refractivity contribution in [2.45, 2.75) is 26.3 Å². The molecule has 1 aromatic carbocycles. The number of carboxylic acids is 1. The fourth-order valence-electron chi connectivity index (χ4n) is 1.64. The van der Waals surface area contributed by atoms with Crippen molar-refractivity contribution in [2.75, 3.05) is 0 Å². The second-order valence-corrected chi connectivity index (χ2v) is 6.49. The monoisotopic (exact) mass is 297 g/mol. The molecule has 0 fully saturated rings. The van der Waals surface area contributed by atoms with Crippen LogP contribution in [0.25, 0.3) is 6.08 Å². The van der Waals surface area contributed by atoms with Gasteiger partial charge in [-0.05, 0) is 24.0 Å². The number of nitrogens with one attached hydrogen (secondary N) is 1. The number of aliphatic carboxylic acids is 1. The van der Waals surface area contributed by atoms with Gasteiger partial charge in [-0.15, -0.1) is 0 Å². The normalized spacial score (nSPS) is 13.8. The van der Waals surface area contributed by atoms with Crippen LogP contribution in [-0.4, -0.2) is 25.5 Å². The maximum Gasteiger partial charge on any atom is 0.321 e. The van der Waals surface area contributed by atoms with Crippen LogP contribution in [0.15, 0.2) is 35.7 Å². The second kappa shape index (κ2) is 7.21. The van der Waals surface area contributed by atoms with Crippen molar-refractivity contribution in [2.24, 2.45) is 5.92 Å². The van der Waals surface area contributed by atoms with Crippen molar-refractivity contribution in [3.05, 3.63) is 41.3 Å². The zero-order chi connectivity index (χ0) is 15.2. The first-order valence-corrected chi connectivity index (χ1v) is 7.83. The molecule has 0 heterocycles. The van der Waals surface area contributed by atoms with Crippen molar-refractivity contribution in [3.63, 3.8) is 0 Å². The van der Waals surface area contributed by atoms with Gasteiger partial charge in [-0.1, -0.05) is 44.2 Å². The first kappa shape index (κ1) is 16.4. The molecule has 0 aliphatic heterocycles. The minimum atomic E-state index is -3.78. The standard InChI is InChI=1S/C14H19NO4S/c1-11(2)10-13(14(16)17)15-20(18,19)9-8-12-6-4-3-5-7-12/h3-9,11,13,15H,10H2,1-2H3,(H,16,17)/b9-8+/t13-/m0/s1. The number of sulfonamides is 1. The molecule has 0 saturated carbocycles. The van der Waals surface area contributed by atoms with E-state index in [0.29, 0.717) is 0 Å². The Balaban J connectivity index is 2.78. The number of rotatable bonds is 7. The summed E-state index contributed by atoms with van der Waals surface area (Å²) in [5.74, 6) is -1.09. The Kier molecular flexibility index (Phi) is 5.91. The Hall–Kier alpha value is -1.66. The van der Waals surface area contributed by atoms with Crippen LogP contribution in [0.3, 0.4) is 0 Å². The van der Waals surface area contributed by atoms with Gasteiger partial charge in [0, 0.05) is 5.41 Å². The molecule has 20 heavy (non-hydrogen) atoms. The van der Waals surface area contributed by atoms with Crippen LogP contribution in [0.2, 0.25) is 0 Å². The van der Waals surface area contributed by atoms with Gasteiger partial charge in [0.2, 0.25) is 10.0 Å². The van der Waals surface area contributed by atoms with Gasteiger partial charge in [0.25, 0.3) is 0 Å². The van der Waals surface area contributed by atoms with E-state index in [4.69, 9.17) is 5.11 Å². The summed E-state index contributed by atoms with van der Waals surface area (Å²) in [4.78, 5) is 11.0. The summed E-state index contributed by atoms with van der Waals surface area (Å²) in [7, 11) is -3.78. The molecular formula is C14H19NO4S. The van der Waals surface area contributed by atoms with Crippen molar-refractivity contribution < 1.29 is 18.3 Å². The number of benzene rings is 1. The summed E-state index contributed by atoms with van der Waals surface area (Å²) < 4.78 is 25.9. The highest BCUT2D eigenvalue weighted by Crippen LogP contribution is 2.08. The predicted molar refractivity (Wildman–Crippen MR) is 78.4 cm³/mol. The molecule has 5 nitrogen and oxygen atoms in total. The van der Waals surface area contributed by atoms with E-state index in [-0.39, 0.29) is 12.3 Å². The molecule has 0 aromatic heterocycles. The molecule has 0 aliphatic carbocycles. The minimum Gasteiger partial charge on any atom is -0.480 e.